The van der Waals surface area contributed by atoms with Crippen LogP contribution in [-0.4, -0.2) is 241 Å². The SMILES string of the molecule is CCN(CC)CC(O)CN1CCN(C(=O)c2cc3cc(Nc4nccc(-c5ccccn5)n4)ccc3[nH]2)CC1.CCN1CCC2(CCN(C(=O)c3cc4cc(Nc5nccc(-c6ccccn6)n5)ccc4[nH]3)C2)C1.CN(C)CCC1CCCCN1C(=O)c1cc2cc(Nc3nccc(-c4ccccn4)n3)ccc2[nH]1. The highest BCUT2D eigenvalue weighted by Gasteiger charge is 2.44. The third-order valence-corrected chi connectivity index (χ3v) is 21.1. The van der Waals surface area contributed by atoms with E-state index in [-0.39, 0.29) is 29.2 Å². The van der Waals surface area contributed by atoms with E-state index < -0.39 is 0 Å². The Balaban J connectivity index is 0.000000137. The van der Waals surface area contributed by atoms with E-state index in [2.05, 4.69) is 135 Å². The Morgan fingerprint density at radius 3 is 1.40 bits per heavy atom. The average Bonchev–Trinajstić information content (AvgIpc) is 1.64. The van der Waals surface area contributed by atoms with Gasteiger partial charge >= 0.3 is 0 Å². The molecule has 0 saturated carbocycles. The van der Waals surface area contributed by atoms with Gasteiger partial charge in [0.15, 0.2) is 0 Å². The van der Waals surface area contributed by atoms with Crippen molar-refractivity contribution in [2.75, 3.05) is 128 Å². The fourth-order valence-electron chi connectivity index (χ4n) is 15.1. The monoisotopic (exact) mass is 1460 g/mol. The summed E-state index contributed by atoms with van der Waals surface area (Å²) in [6.45, 7) is 19.3. The number of aliphatic hydroxyl groups is 1. The van der Waals surface area contributed by atoms with Crippen LogP contribution in [0.5, 0.6) is 0 Å². The second kappa shape index (κ2) is 34.6. The van der Waals surface area contributed by atoms with Crippen LogP contribution in [0.1, 0.15) is 90.8 Å². The molecule has 4 aliphatic rings. The van der Waals surface area contributed by atoms with Crippen molar-refractivity contribution in [3.8, 4) is 34.2 Å². The molecule has 13 heterocycles. The van der Waals surface area contributed by atoms with E-state index in [1.165, 1.54) is 12.8 Å². The van der Waals surface area contributed by atoms with Gasteiger partial charge in [-0.15, -0.1) is 0 Å². The minimum atomic E-state index is -0.383. The molecule has 26 nitrogen and oxygen atoms in total. The summed E-state index contributed by atoms with van der Waals surface area (Å²) in [5, 5.41) is 23.2. The lowest BCUT2D eigenvalue weighted by molar-refractivity contribution is 0.0441. The summed E-state index contributed by atoms with van der Waals surface area (Å²) in [6.07, 6.45) is 16.6. The van der Waals surface area contributed by atoms with Crippen molar-refractivity contribution in [2.24, 2.45) is 5.41 Å². The number of anilines is 6. The van der Waals surface area contributed by atoms with Crippen LogP contribution in [0.3, 0.4) is 0 Å². The van der Waals surface area contributed by atoms with Crippen molar-refractivity contribution >= 4 is 85.3 Å². The molecule has 9 aromatic heterocycles. The molecule has 12 aromatic rings. The Morgan fingerprint density at radius 2 is 0.963 bits per heavy atom. The third-order valence-electron chi connectivity index (χ3n) is 21.1. The first-order chi connectivity index (χ1) is 53.2. The molecule has 26 heteroatoms. The van der Waals surface area contributed by atoms with Crippen molar-refractivity contribution in [1.29, 1.82) is 0 Å². The Kier molecular flexibility index (Phi) is 23.7. The molecule has 0 radical (unpaired) electrons. The van der Waals surface area contributed by atoms with Gasteiger partial charge in [-0.25, -0.2) is 29.9 Å². The summed E-state index contributed by atoms with van der Waals surface area (Å²) >= 11 is 0. The molecular formula is C83H96N22O4. The summed E-state index contributed by atoms with van der Waals surface area (Å²) in [5.41, 5.74) is 12.1. The number of pyridine rings is 3. The van der Waals surface area contributed by atoms with Crippen molar-refractivity contribution < 1.29 is 19.5 Å². The van der Waals surface area contributed by atoms with Gasteiger partial charge in [0.25, 0.3) is 17.7 Å². The van der Waals surface area contributed by atoms with E-state index in [4.69, 9.17) is 0 Å². The van der Waals surface area contributed by atoms with Crippen LogP contribution in [0.4, 0.5) is 34.9 Å². The molecule has 109 heavy (non-hydrogen) atoms. The predicted molar refractivity (Wildman–Crippen MR) is 428 cm³/mol. The molecule has 3 unspecified atom stereocenters. The maximum absolute atomic E-state index is 13.4. The Hall–Kier alpha value is -11.4. The normalized spacial score (nSPS) is 17.1. The summed E-state index contributed by atoms with van der Waals surface area (Å²) in [4.78, 5) is 105. The highest BCUT2D eigenvalue weighted by molar-refractivity contribution is 6.01. The van der Waals surface area contributed by atoms with E-state index in [1.807, 2.05) is 155 Å². The molecule has 3 amide bonds. The number of likely N-dealkylation sites (N-methyl/N-ethyl adjacent to an activating group) is 1. The van der Waals surface area contributed by atoms with Gasteiger partial charge in [-0.2, -0.15) is 0 Å². The quantitative estimate of drug-likeness (QED) is 0.0332. The number of aromatic amines is 3. The van der Waals surface area contributed by atoms with Gasteiger partial charge < -0.3 is 65.4 Å². The first-order valence-corrected chi connectivity index (χ1v) is 38.0. The van der Waals surface area contributed by atoms with E-state index in [9.17, 15) is 19.5 Å². The van der Waals surface area contributed by atoms with Gasteiger partial charge in [-0.05, 0) is 213 Å². The molecule has 7 N–H and O–H groups in total. The number of aliphatic hydroxyl groups excluding tert-OH is 1. The smallest absolute Gasteiger partial charge is 0.270 e. The highest BCUT2D eigenvalue weighted by atomic mass is 16.3. The number of carbonyl (C=O) groups excluding carboxylic acids is 3. The molecule has 3 aromatic carbocycles. The summed E-state index contributed by atoms with van der Waals surface area (Å²) in [7, 11) is 4.16. The van der Waals surface area contributed by atoms with Crippen molar-refractivity contribution in [2.45, 2.75) is 71.4 Å². The van der Waals surface area contributed by atoms with Crippen molar-refractivity contribution in [3.63, 3.8) is 0 Å². The van der Waals surface area contributed by atoms with Gasteiger partial charge in [0.1, 0.15) is 17.1 Å². The van der Waals surface area contributed by atoms with Gasteiger partial charge in [0, 0.05) is 164 Å². The second-order valence-electron chi connectivity index (χ2n) is 28.8. The Bertz CT molecular complexity index is 5040. The highest BCUT2D eigenvalue weighted by Crippen LogP contribution is 2.40. The molecule has 4 saturated heterocycles. The molecule has 0 bridgehead atoms. The lowest BCUT2D eigenvalue weighted by atomic mass is 9.86. The number of aromatic nitrogens is 12. The number of likely N-dealkylation sites (tertiary alicyclic amines) is 3. The maximum Gasteiger partial charge on any atom is 0.270 e. The van der Waals surface area contributed by atoms with Gasteiger partial charge in [-0.1, -0.05) is 39.0 Å². The minimum absolute atomic E-state index is 0.00422. The average molecular weight is 1470 g/mol. The van der Waals surface area contributed by atoms with Crippen LogP contribution < -0.4 is 16.0 Å². The number of amides is 3. The zero-order chi connectivity index (χ0) is 75.2. The number of carbonyl (C=O) groups is 3. The molecule has 562 valence electrons. The van der Waals surface area contributed by atoms with Gasteiger partial charge in [0.05, 0.1) is 40.3 Å². The molecule has 4 fully saturated rings. The summed E-state index contributed by atoms with van der Waals surface area (Å²) in [5.74, 6) is 1.65. The van der Waals surface area contributed by atoms with Gasteiger partial charge in [0.2, 0.25) is 17.8 Å². The van der Waals surface area contributed by atoms with Crippen LogP contribution >= 0.6 is 0 Å². The number of benzene rings is 3. The zero-order valence-corrected chi connectivity index (χ0v) is 62.7. The molecule has 4 aliphatic heterocycles. The van der Waals surface area contributed by atoms with Crippen LogP contribution in [0.25, 0.3) is 66.9 Å². The number of hydrogen-bond donors (Lipinski definition) is 7. The molecule has 3 atom stereocenters. The number of piperidine rings is 1. The second-order valence-corrected chi connectivity index (χ2v) is 28.8. The van der Waals surface area contributed by atoms with Crippen molar-refractivity contribution in [3.05, 3.63) is 200 Å². The van der Waals surface area contributed by atoms with Crippen LogP contribution in [0.2, 0.25) is 0 Å². The Labute approximate surface area is 634 Å². The Morgan fingerprint density at radius 1 is 0.495 bits per heavy atom. The number of nitrogens with zero attached hydrogens (tertiary/aromatic N) is 16. The predicted octanol–water partition coefficient (Wildman–Crippen LogP) is 12.3. The number of piperazine rings is 1. The van der Waals surface area contributed by atoms with Crippen molar-refractivity contribution in [1.82, 2.24) is 94.1 Å². The number of rotatable bonds is 22. The first-order valence-electron chi connectivity index (χ1n) is 38.0. The molecule has 16 rings (SSSR count). The lowest BCUT2D eigenvalue weighted by Gasteiger charge is -2.36. The number of hydrogen-bond acceptors (Lipinski definition) is 20. The standard InChI is InChI=1S/C29H36N8O2.C27H29N7O.C27H31N7O/c1-3-35(4-2)19-23(38)20-36-13-15-37(16-14-36)28(39)27-18-21-17-22(8-9-24(21)33-27)32-29-31-12-10-26(34-29)25-7-5-6-11-30-25;1-2-33-13-9-27(17-33)10-14-34(18-27)25(35)24-16-19-15-20(6-7-21(19)31-24)30-26-29-12-8-23(32-26)22-5-3-4-11-28-22;1-33(2)16-12-21-7-4-6-15-34(21)26(35)25-18-19-17-20(9-10-22(19)31-25)30-27-29-14-11-24(32-27)23-8-3-5-13-28-23/h5-12,17-18,23,33,38H,3-4,13-16,19-20H2,1-2H3,(H,31,32,34);3-8,11-12,15-16,31H,2,9-10,13-14,17-18H2,1H3,(H,29,30,32);3,5,8-11,13-14,17-18,21,31H,4,6-7,12,15-16H2,1-2H3,(H,29,30,32). The number of β-amino-alcohol motifs (C(OH)–C–C–N with tert-alkyl or cyclic N) is 1. The topological polar surface area (TPSA) is 294 Å². The van der Waals surface area contributed by atoms with E-state index in [0.717, 1.165) is 182 Å². The van der Waals surface area contributed by atoms with E-state index in [0.29, 0.717) is 67.1 Å². The third kappa shape index (κ3) is 18.6. The number of fused-ring (bicyclic) bond motifs is 3. The molecule has 0 aliphatic carbocycles. The fraction of sp³-hybridized carbons (Fsp3) is 0.349. The van der Waals surface area contributed by atoms with Gasteiger partial charge in [-0.3, -0.25) is 34.2 Å². The maximum atomic E-state index is 13.4. The fourth-order valence-corrected chi connectivity index (χ4v) is 15.1. The van der Waals surface area contributed by atoms with E-state index >= 15 is 0 Å². The number of nitrogens with one attached hydrogen (secondary N) is 6. The molecule has 1 spiro atoms. The first kappa shape index (κ1) is 74.4. The number of H-pyrrole nitrogens is 3. The van der Waals surface area contributed by atoms with Crippen LogP contribution in [-0.2, 0) is 0 Å². The zero-order valence-electron chi connectivity index (χ0n) is 62.7. The molecular weight excluding hydrogens is 1370 g/mol. The van der Waals surface area contributed by atoms with E-state index in [1.54, 1.807) is 37.2 Å². The summed E-state index contributed by atoms with van der Waals surface area (Å²) in [6, 6.07) is 46.6. The lowest BCUT2D eigenvalue weighted by Crippen LogP contribution is -2.51. The summed E-state index contributed by atoms with van der Waals surface area (Å²) < 4.78 is 0. The largest absolute Gasteiger partial charge is 0.390 e. The van der Waals surface area contributed by atoms with Crippen LogP contribution in [0, 0.1) is 5.41 Å². The minimum Gasteiger partial charge on any atom is -0.390 e. The van der Waals surface area contributed by atoms with Crippen LogP contribution in [0.15, 0.2) is 183 Å².